The van der Waals surface area contributed by atoms with Gasteiger partial charge in [0.15, 0.2) is 5.82 Å². The molecule has 1 rings (SSSR count). The molecule has 3 nitrogen and oxygen atoms in total. The number of allylic oxidation sites excluding steroid dienone is 1. The second-order valence-electron chi connectivity index (χ2n) is 2.25. The van der Waals surface area contributed by atoms with E-state index in [0.717, 1.165) is 10.7 Å². The van der Waals surface area contributed by atoms with Gasteiger partial charge in [-0.3, -0.25) is 5.10 Å². The Bertz CT molecular complexity index is 301. The van der Waals surface area contributed by atoms with Crippen LogP contribution in [0.25, 0.3) is 4.91 Å². The van der Waals surface area contributed by atoms with Crippen LogP contribution in [-0.2, 0) is 0 Å². The first-order valence-corrected chi connectivity index (χ1v) is 4.48. The smallest absolute Gasteiger partial charge is 0.187 e. The van der Waals surface area contributed by atoms with Gasteiger partial charge in [0, 0.05) is 0 Å². The lowest BCUT2D eigenvalue weighted by Crippen LogP contribution is -1.79. The number of aromatic amines is 1. The number of nitrogens with zero attached hydrogens (tertiary/aromatic N) is 2. The van der Waals surface area contributed by atoms with Gasteiger partial charge in [0.25, 0.3) is 0 Å². The Morgan fingerprint density at radius 1 is 1.67 bits per heavy atom. The van der Waals surface area contributed by atoms with Gasteiger partial charge in [0.05, 0.1) is 4.91 Å². The van der Waals surface area contributed by atoms with Crippen molar-refractivity contribution in [3.05, 3.63) is 29.7 Å². The SMILES string of the molecule is C=C(S/C=C\C)c1n[nH]c(C)n1. The van der Waals surface area contributed by atoms with Gasteiger partial charge in [-0.2, -0.15) is 5.10 Å². The highest BCUT2D eigenvalue weighted by Crippen LogP contribution is 2.22. The normalized spacial score (nSPS) is 10.8. The zero-order valence-corrected chi connectivity index (χ0v) is 7.98. The summed E-state index contributed by atoms with van der Waals surface area (Å²) in [5, 5.41) is 8.70. The van der Waals surface area contributed by atoms with Crippen LogP contribution in [0.3, 0.4) is 0 Å². The number of nitrogens with one attached hydrogen (secondary N) is 1. The lowest BCUT2D eigenvalue weighted by Gasteiger charge is -1.92. The number of H-pyrrole nitrogens is 1. The maximum absolute atomic E-state index is 4.14. The second kappa shape index (κ2) is 4.11. The van der Waals surface area contributed by atoms with Crippen LogP contribution in [0.15, 0.2) is 18.1 Å². The predicted octanol–water partition coefficient (Wildman–Crippen LogP) is 2.35. The largest absolute Gasteiger partial charge is 0.263 e. The van der Waals surface area contributed by atoms with Crippen molar-refractivity contribution in [2.45, 2.75) is 13.8 Å². The van der Waals surface area contributed by atoms with Crippen LogP contribution in [0.5, 0.6) is 0 Å². The monoisotopic (exact) mass is 181 g/mol. The number of hydrogen-bond donors (Lipinski definition) is 1. The molecule has 0 bridgehead atoms. The van der Waals surface area contributed by atoms with E-state index in [1.807, 2.05) is 25.3 Å². The van der Waals surface area contributed by atoms with Crippen molar-refractivity contribution < 1.29 is 0 Å². The fraction of sp³-hybridized carbons (Fsp3) is 0.250. The standard InChI is InChI=1S/C8H11N3S/c1-4-5-12-6(2)8-9-7(3)10-11-8/h4-5H,2H2,1,3H3,(H,9,10,11)/b5-4-. The summed E-state index contributed by atoms with van der Waals surface area (Å²) in [5.41, 5.74) is 0. The predicted molar refractivity (Wildman–Crippen MR) is 52.6 cm³/mol. The molecule has 0 spiro atoms. The van der Waals surface area contributed by atoms with Crippen molar-refractivity contribution in [2.75, 3.05) is 0 Å². The van der Waals surface area contributed by atoms with E-state index < -0.39 is 0 Å². The number of rotatable bonds is 3. The van der Waals surface area contributed by atoms with E-state index in [1.165, 1.54) is 11.8 Å². The molecule has 0 atom stereocenters. The summed E-state index contributed by atoms with van der Waals surface area (Å²) in [7, 11) is 0. The maximum Gasteiger partial charge on any atom is 0.187 e. The molecule has 0 aliphatic rings. The highest BCUT2D eigenvalue weighted by Gasteiger charge is 2.02. The highest BCUT2D eigenvalue weighted by molar-refractivity contribution is 8.10. The van der Waals surface area contributed by atoms with Crippen LogP contribution in [0.4, 0.5) is 0 Å². The molecule has 1 heterocycles. The average Bonchev–Trinajstić information content (AvgIpc) is 2.47. The van der Waals surface area contributed by atoms with E-state index in [2.05, 4.69) is 21.8 Å². The van der Waals surface area contributed by atoms with Crippen molar-refractivity contribution in [1.29, 1.82) is 0 Å². The lowest BCUT2D eigenvalue weighted by atomic mass is 10.6. The number of aromatic nitrogens is 3. The van der Waals surface area contributed by atoms with Gasteiger partial charge in [0.1, 0.15) is 5.82 Å². The van der Waals surface area contributed by atoms with Crippen LogP contribution < -0.4 is 0 Å². The molecule has 0 aliphatic heterocycles. The lowest BCUT2D eigenvalue weighted by molar-refractivity contribution is 1.03. The third kappa shape index (κ3) is 2.23. The van der Waals surface area contributed by atoms with E-state index in [4.69, 9.17) is 0 Å². The summed E-state index contributed by atoms with van der Waals surface area (Å²) in [5.74, 6) is 1.49. The average molecular weight is 181 g/mol. The molecule has 1 aromatic heterocycles. The van der Waals surface area contributed by atoms with Crippen LogP contribution in [0.2, 0.25) is 0 Å². The van der Waals surface area contributed by atoms with E-state index in [1.54, 1.807) is 0 Å². The Morgan fingerprint density at radius 3 is 2.92 bits per heavy atom. The van der Waals surface area contributed by atoms with E-state index in [9.17, 15) is 0 Å². The molecule has 12 heavy (non-hydrogen) atoms. The van der Waals surface area contributed by atoms with Gasteiger partial charge >= 0.3 is 0 Å². The van der Waals surface area contributed by atoms with Gasteiger partial charge in [-0.05, 0) is 19.3 Å². The van der Waals surface area contributed by atoms with Crippen molar-refractivity contribution in [2.24, 2.45) is 0 Å². The van der Waals surface area contributed by atoms with Crippen molar-refractivity contribution in [1.82, 2.24) is 15.2 Å². The number of hydrogen-bond acceptors (Lipinski definition) is 3. The minimum absolute atomic E-state index is 0.676. The van der Waals surface area contributed by atoms with E-state index >= 15 is 0 Å². The zero-order chi connectivity index (χ0) is 8.97. The van der Waals surface area contributed by atoms with Crippen molar-refractivity contribution in [3.63, 3.8) is 0 Å². The Morgan fingerprint density at radius 2 is 2.42 bits per heavy atom. The first kappa shape index (κ1) is 9.06. The molecule has 0 fully saturated rings. The van der Waals surface area contributed by atoms with Crippen LogP contribution >= 0.6 is 11.8 Å². The van der Waals surface area contributed by atoms with Crippen molar-refractivity contribution >= 4 is 16.7 Å². The topological polar surface area (TPSA) is 41.6 Å². The van der Waals surface area contributed by atoms with E-state index in [-0.39, 0.29) is 0 Å². The molecule has 4 heteroatoms. The molecular weight excluding hydrogens is 170 g/mol. The molecule has 0 unspecified atom stereocenters. The molecule has 0 aliphatic carbocycles. The fourth-order valence-electron chi connectivity index (χ4n) is 0.670. The molecule has 1 aromatic rings. The summed E-state index contributed by atoms with van der Waals surface area (Å²) in [6.07, 6.45) is 1.95. The summed E-state index contributed by atoms with van der Waals surface area (Å²) < 4.78 is 0. The van der Waals surface area contributed by atoms with Crippen LogP contribution in [0.1, 0.15) is 18.6 Å². The Kier molecular flexibility index (Phi) is 3.10. The molecule has 0 amide bonds. The maximum atomic E-state index is 4.14. The van der Waals surface area contributed by atoms with Crippen LogP contribution in [0, 0.1) is 6.92 Å². The van der Waals surface area contributed by atoms with Gasteiger partial charge in [-0.25, -0.2) is 4.98 Å². The quantitative estimate of drug-likeness (QED) is 0.778. The van der Waals surface area contributed by atoms with Gasteiger partial charge in [-0.15, -0.1) is 0 Å². The fourth-order valence-corrected chi connectivity index (χ4v) is 1.17. The van der Waals surface area contributed by atoms with Gasteiger partial charge in [-0.1, -0.05) is 24.4 Å². The third-order valence-electron chi connectivity index (χ3n) is 1.19. The Balaban J connectivity index is 2.65. The molecular formula is C8H11N3S. The number of thioether (sulfide) groups is 1. The van der Waals surface area contributed by atoms with Crippen LogP contribution in [-0.4, -0.2) is 15.2 Å². The van der Waals surface area contributed by atoms with Gasteiger partial charge < -0.3 is 0 Å². The summed E-state index contributed by atoms with van der Waals surface area (Å²) in [4.78, 5) is 5.00. The van der Waals surface area contributed by atoms with Crippen molar-refractivity contribution in [3.8, 4) is 0 Å². The highest BCUT2D eigenvalue weighted by atomic mass is 32.2. The summed E-state index contributed by atoms with van der Waals surface area (Å²) in [6.45, 7) is 7.67. The minimum atomic E-state index is 0.676. The molecule has 0 radical (unpaired) electrons. The summed E-state index contributed by atoms with van der Waals surface area (Å²) in [6, 6.07) is 0. The van der Waals surface area contributed by atoms with Gasteiger partial charge in [0.2, 0.25) is 0 Å². The molecule has 0 saturated carbocycles. The molecule has 64 valence electrons. The third-order valence-corrected chi connectivity index (χ3v) is 2.07. The second-order valence-corrected chi connectivity index (χ2v) is 3.26. The number of aryl methyl sites for hydroxylation is 1. The first-order chi connectivity index (χ1) is 5.74. The molecule has 1 N–H and O–H groups in total. The minimum Gasteiger partial charge on any atom is -0.263 e. The zero-order valence-electron chi connectivity index (χ0n) is 7.16. The Hall–Kier alpha value is -1.03. The Labute approximate surface area is 76.0 Å². The molecule has 0 aromatic carbocycles. The summed E-state index contributed by atoms with van der Waals surface area (Å²) >= 11 is 1.52. The molecule has 0 saturated heterocycles. The first-order valence-electron chi connectivity index (χ1n) is 3.60. The van der Waals surface area contributed by atoms with E-state index in [0.29, 0.717) is 5.82 Å².